The van der Waals surface area contributed by atoms with Crippen LogP contribution >= 0.6 is 0 Å². The summed E-state index contributed by atoms with van der Waals surface area (Å²) in [5.74, 6) is 0.961. The summed E-state index contributed by atoms with van der Waals surface area (Å²) in [6.45, 7) is 0. The van der Waals surface area contributed by atoms with Crippen LogP contribution in [0.3, 0.4) is 0 Å². The highest BCUT2D eigenvalue weighted by Gasteiger charge is 2.51. The second kappa shape index (κ2) is 7.60. The maximum Gasteiger partial charge on any atom is 0.252 e. The molecule has 2 amide bonds. The quantitative estimate of drug-likeness (QED) is 0.671. The maximum atomic E-state index is 12.8. The number of amides is 2. The number of β-lactam (4-membered cyclic amide) rings is 1. The van der Waals surface area contributed by atoms with Crippen molar-refractivity contribution in [1.82, 2.24) is 5.32 Å². The number of anilines is 1. The van der Waals surface area contributed by atoms with Crippen LogP contribution in [-0.4, -0.2) is 25.0 Å². The number of hydrogen-bond donors (Lipinski definition) is 1. The number of methoxy groups -OCH3 is 1. The van der Waals surface area contributed by atoms with Crippen LogP contribution in [0.25, 0.3) is 0 Å². The van der Waals surface area contributed by atoms with E-state index in [-0.39, 0.29) is 18.2 Å². The molecule has 0 saturated carbocycles. The van der Waals surface area contributed by atoms with E-state index in [0.29, 0.717) is 11.5 Å². The van der Waals surface area contributed by atoms with Gasteiger partial charge in [0.25, 0.3) is 5.91 Å². The van der Waals surface area contributed by atoms with Gasteiger partial charge in [-0.15, -0.1) is 0 Å². The van der Waals surface area contributed by atoms with E-state index in [1.165, 1.54) is 0 Å². The molecule has 1 aliphatic rings. The van der Waals surface area contributed by atoms with Gasteiger partial charge < -0.3 is 14.5 Å². The lowest BCUT2D eigenvalue weighted by Crippen LogP contribution is -2.66. The summed E-state index contributed by atoms with van der Waals surface area (Å²) >= 11 is 0. The highest BCUT2D eigenvalue weighted by atomic mass is 16.5. The Hall–Kier alpha value is -3.54. The molecule has 2 atom stereocenters. The molecule has 2 aromatic carbocycles. The number of carbonyl (C=O) groups excluding carboxylic acids is 2. The highest BCUT2D eigenvalue weighted by molar-refractivity contribution is 6.07. The van der Waals surface area contributed by atoms with Gasteiger partial charge in [-0.3, -0.25) is 14.5 Å². The smallest absolute Gasteiger partial charge is 0.252 e. The molecule has 1 fully saturated rings. The van der Waals surface area contributed by atoms with Crippen molar-refractivity contribution in [3.8, 4) is 5.75 Å². The highest BCUT2D eigenvalue weighted by Crippen LogP contribution is 2.39. The molecule has 6 nitrogen and oxygen atoms in total. The molecule has 0 unspecified atom stereocenters. The SMILES string of the molecule is COc1ccc(N2C(=O)[C@H](NC(=O)Cc3ccccc3)[C@@H]2c2ccco2)cc1. The fourth-order valence-electron chi connectivity index (χ4n) is 3.42. The van der Waals surface area contributed by atoms with Gasteiger partial charge in [0.15, 0.2) is 0 Å². The first-order chi connectivity index (χ1) is 13.7. The molecule has 1 aliphatic heterocycles. The van der Waals surface area contributed by atoms with Crippen LogP contribution in [0.15, 0.2) is 77.4 Å². The van der Waals surface area contributed by atoms with Crippen LogP contribution in [0.1, 0.15) is 17.4 Å². The third-order valence-corrected chi connectivity index (χ3v) is 4.81. The lowest BCUT2D eigenvalue weighted by atomic mass is 9.91. The number of nitrogens with zero attached hydrogens (tertiary/aromatic N) is 1. The van der Waals surface area contributed by atoms with E-state index in [2.05, 4.69) is 5.32 Å². The lowest BCUT2D eigenvalue weighted by molar-refractivity contribution is -0.133. The molecule has 6 heteroatoms. The van der Waals surface area contributed by atoms with Crippen molar-refractivity contribution in [2.45, 2.75) is 18.5 Å². The van der Waals surface area contributed by atoms with Gasteiger partial charge in [-0.05, 0) is 42.0 Å². The van der Waals surface area contributed by atoms with E-state index in [1.54, 1.807) is 36.5 Å². The summed E-state index contributed by atoms with van der Waals surface area (Å²) < 4.78 is 10.7. The standard InChI is InChI=1S/C22H20N2O4/c1-27-17-11-9-16(10-12-17)24-21(18-8-5-13-28-18)20(22(24)26)23-19(25)14-15-6-3-2-4-7-15/h2-13,20-21H,14H2,1H3,(H,23,25)/t20-,21+/m1/s1. The van der Waals surface area contributed by atoms with E-state index in [9.17, 15) is 9.59 Å². The van der Waals surface area contributed by atoms with Gasteiger partial charge >= 0.3 is 0 Å². The minimum Gasteiger partial charge on any atom is -0.497 e. The number of ether oxygens (including phenoxy) is 1. The van der Waals surface area contributed by atoms with Crippen molar-refractivity contribution < 1.29 is 18.7 Å². The summed E-state index contributed by atoms with van der Waals surface area (Å²) in [5.41, 5.74) is 1.62. The number of rotatable bonds is 6. The maximum absolute atomic E-state index is 12.8. The molecule has 0 aliphatic carbocycles. The first-order valence-corrected chi connectivity index (χ1v) is 9.01. The normalized spacial score (nSPS) is 18.5. The lowest BCUT2D eigenvalue weighted by Gasteiger charge is -2.46. The zero-order valence-corrected chi connectivity index (χ0v) is 15.4. The summed E-state index contributed by atoms with van der Waals surface area (Å²) in [4.78, 5) is 27.0. The topological polar surface area (TPSA) is 71.8 Å². The van der Waals surface area contributed by atoms with Crippen LogP contribution in [-0.2, 0) is 16.0 Å². The zero-order chi connectivity index (χ0) is 19.5. The molecule has 0 spiro atoms. The van der Waals surface area contributed by atoms with Gasteiger partial charge in [-0.1, -0.05) is 30.3 Å². The minimum atomic E-state index is -0.663. The molecule has 4 rings (SSSR count). The molecule has 142 valence electrons. The molecular formula is C22H20N2O4. The predicted molar refractivity (Wildman–Crippen MR) is 104 cm³/mol. The molecule has 2 heterocycles. The molecule has 0 bridgehead atoms. The van der Waals surface area contributed by atoms with E-state index in [1.807, 2.05) is 48.5 Å². The Morgan fingerprint density at radius 2 is 1.82 bits per heavy atom. The molecule has 3 aromatic rings. The Labute approximate surface area is 162 Å². The van der Waals surface area contributed by atoms with Crippen LogP contribution in [0.2, 0.25) is 0 Å². The third kappa shape index (κ3) is 3.36. The van der Waals surface area contributed by atoms with Crippen LogP contribution in [0.5, 0.6) is 5.75 Å². The first-order valence-electron chi connectivity index (χ1n) is 9.01. The van der Waals surface area contributed by atoms with Gasteiger partial charge in [0.2, 0.25) is 5.91 Å². The van der Waals surface area contributed by atoms with Gasteiger partial charge in [-0.2, -0.15) is 0 Å². The van der Waals surface area contributed by atoms with E-state index in [0.717, 1.165) is 11.3 Å². The van der Waals surface area contributed by atoms with E-state index >= 15 is 0 Å². The number of carbonyl (C=O) groups is 2. The predicted octanol–water partition coefficient (Wildman–Crippen LogP) is 3.10. The van der Waals surface area contributed by atoms with Gasteiger partial charge in [-0.25, -0.2) is 0 Å². The van der Waals surface area contributed by atoms with Crippen molar-refractivity contribution in [3.05, 3.63) is 84.3 Å². The summed E-state index contributed by atoms with van der Waals surface area (Å²) in [7, 11) is 1.59. The van der Waals surface area contributed by atoms with Gasteiger partial charge in [0, 0.05) is 5.69 Å². The number of hydrogen-bond acceptors (Lipinski definition) is 4. The van der Waals surface area contributed by atoms with E-state index < -0.39 is 12.1 Å². The van der Waals surface area contributed by atoms with Crippen LogP contribution in [0, 0.1) is 0 Å². The summed E-state index contributed by atoms with van der Waals surface area (Å²) in [6, 6.07) is 19.2. The van der Waals surface area contributed by atoms with Crippen molar-refractivity contribution in [2.75, 3.05) is 12.0 Å². The molecule has 1 N–H and O–H groups in total. The average molecular weight is 376 g/mol. The third-order valence-electron chi connectivity index (χ3n) is 4.81. The summed E-state index contributed by atoms with van der Waals surface area (Å²) in [6.07, 6.45) is 1.78. The van der Waals surface area contributed by atoms with Crippen molar-refractivity contribution in [1.29, 1.82) is 0 Å². The molecule has 0 radical (unpaired) electrons. The number of nitrogens with one attached hydrogen (secondary N) is 1. The molecule has 1 saturated heterocycles. The molecule has 28 heavy (non-hydrogen) atoms. The Kier molecular flexibility index (Phi) is 4.85. The first kappa shape index (κ1) is 17.9. The Bertz CT molecular complexity index is 952. The minimum absolute atomic E-state index is 0.173. The molecule has 1 aromatic heterocycles. The van der Waals surface area contributed by atoms with Crippen molar-refractivity contribution >= 4 is 17.5 Å². The summed E-state index contributed by atoms with van der Waals surface area (Å²) in [5, 5.41) is 2.86. The Morgan fingerprint density at radius 1 is 1.07 bits per heavy atom. The fourth-order valence-corrected chi connectivity index (χ4v) is 3.42. The van der Waals surface area contributed by atoms with E-state index in [4.69, 9.17) is 9.15 Å². The van der Waals surface area contributed by atoms with Crippen molar-refractivity contribution in [2.24, 2.45) is 0 Å². The number of furan rings is 1. The van der Waals surface area contributed by atoms with Gasteiger partial charge in [0.05, 0.1) is 19.8 Å². The zero-order valence-electron chi connectivity index (χ0n) is 15.4. The van der Waals surface area contributed by atoms with Gasteiger partial charge in [0.1, 0.15) is 23.6 Å². The Morgan fingerprint density at radius 3 is 2.46 bits per heavy atom. The second-order valence-corrected chi connectivity index (χ2v) is 6.57. The molecular weight excluding hydrogens is 356 g/mol. The second-order valence-electron chi connectivity index (χ2n) is 6.57. The van der Waals surface area contributed by atoms with Crippen LogP contribution in [0.4, 0.5) is 5.69 Å². The van der Waals surface area contributed by atoms with Crippen molar-refractivity contribution in [3.63, 3.8) is 0 Å². The monoisotopic (exact) mass is 376 g/mol. The Balaban J connectivity index is 1.53. The van der Waals surface area contributed by atoms with Crippen LogP contribution < -0.4 is 15.0 Å². The average Bonchev–Trinajstić information content (AvgIpc) is 3.25. The fraction of sp³-hybridized carbons (Fsp3) is 0.182. The largest absolute Gasteiger partial charge is 0.497 e. The number of benzene rings is 2.